The highest BCUT2D eigenvalue weighted by atomic mass is 32.1. The summed E-state index contributed by atoms with van der Waals surface area (Å²) in [4.78, 5) is 17.3. The fourth-order valence-electron chi connectivity index (χ4n) is 3.95. The van der Waals surface area contributed by atoms with Crippen molar-refractivity contribution in [1.29, 1.82) is 0 Å². The van der Waals surface area contributed by atoms with E-state index in [2.05, 4.69) is 75.7 Å². The Bertz CT molecular complexity index is 1570. The van der Waals surface area contributed by atoms with E-state index in [4.69, 9.17) is 4.98 Å². The lowest BCUT2D eigenvalue weighted by atomic mass is 10.1. The molecule has 0 amide bonds. The van der Waals surface area contributed by atoms with E-state index in [0.717, 1.165) is 55.3 Å². The number of hydrogen-bond donors (Lipinski definition) is 2. The maximum Gasteiger partial charge on any atom is 0.140 e. The monoisotopic (exact) mass is 433 g/mol. The van der Waals surface area contributed by atoms with Crippen LogP contribution in [0.15, 0.2) is 84.5 Å². The molecule has 154 valence electrons. The van der Waals surface area contributed by atoms with Gasteiger partial charge in [0.05, 0.1) is 16.6 Å². The number of rotatable bonds is 4. The maximum absolute atomic E-state index is 4.82. The zero-order chi connectivity index (χ0) is 21.5. The number of benzene rings is 3. The average molecular weight is 434 g/mol. The molecule has 5 nitrogen and oxygen atoms in total. The van der Waals surface area contributed by atoms with Gasteiger partial charge in [-0.15, -0.1) is 11.3 Å². The molecule has 0 radical (unpaired) electrons. The molecule has 0 aliphatic heterocycles. The average Bonchev–Trinajstić information content (AvgIpc) is 3.49. The van der Waals surface area contributed by atoms with Gasteiger partial charge in [-0.1, -0.05) is 30.3 Å². The van der Waals surface area contributed by atoms with E-state index in [1.807, 2.05) is 36.0 Å². The minimum absolute atomic E-state index is 0.845. The molecule has 0 aliphatic rings. The van der Waals surface area contributed by atoms with Crippen LogP contribution in [0.4, 0.5) is 11.4 Å². The molecular formula is C26H19N5S. The van der Waals surface area contributed by atoms with Crippen molar-refractivity contribution in [3.63, 3.8) is 0 Å². The fourth-order valence-corrected chi connectivity index (χ4v) is 4.59. The summed E-state index contributed by atoms with van der Waals surface area (Å²) < 4.78 is 0. The van der Waals surface area contributed by atoms with Crippen molar-refractivity contribution < 1.29 is 0 Å². The minimum Gasteiger partial charge on any atom is -0.354 e. The Morgan fingerprint density at radius 1 is 0.844 bits per heavy atom. The zero-order valence-corrected chi connectivity index (χ0v) is 18.1. The van der Waals surface area contributed by atoms with Crippen LogP contribution >= 0.6 is 11.3 Å². The molecule has 2 N–H and O–H groups in total. The van der Waals surface area contributed by atoms with Crippen LogP contribution in [0.25, 0.3) is 43.9 Å². The molecule has 0 aliphatic carbocycles. The van der Waals surface area contributed by atoms with Crippen LogP contribution in [0.1, 0.15) is 5.56 Å². The summed E-state index contributed by atoms with van der Waals surface area (Å²) >= 11 is 1.63. The molecule has 0 atom stereocenters. The van der Waals surface area contributed by atoms with Crippen LogP contribution in [0.2, 0.25) is 0 Å². The predicted octanol–water partition coefficient (Wildman–Crippen LogP) is 6.95. The molecule has 0 bridgehead atoms. The zero-order valence-electron chi connectivity index (χ0n) is 17.3. The first-order chi connectivity index (χ1) is 15.7. The molecule has 6 aromatic rings. The first kappa shape index (κ1) is 18.7. The summed E-state index contributed by atoms with van der Waals surface area (Å²) in [5, 5.41) is 7.65. The first-order valence-corrected chi connectivity index (χ1v) is 11.2. The van der Waals surface area contributed by atoms with Gasteiger partial charge in [0.1, 0.15) is 10.8 Å². The SMILES string of the molecule is Cc1ccc2nc(-c3ccccc3Nc3ccnc4cc(-c5nccs5)ccc34)[nH]c2c1. The van der Waals surface area contributed by atoms with Crippen molar-refractivity contribution in [2.24, 2.45) is 0 Å². The van der Waals surface area contributed by atoms with E-state index in [-0.39, 0.29) is 0 Å². The third-order valence-corrected chi connectivity index (χ3v) is 6.33. The van der Waals surface area contributed by atoms with Gasteiger partial charge in [0.15, 0.2) is 0 Å². The first-order valence-electron chi connectivity index (χ1n) is 10.4. The number of nitrogens with zero attached hydrogens (tertiary/aromatic N) is 3. The number of thiazole rings is 1. The molecule has 6 rings (SSSR count). The summed E-state index contributed by atoms with van der Waals surface area (Å²) in [6.07, 6.45) is 3.66. The Labute approximate surface area is 188 Å². The Kier molecular flexibility index (Phi) is 4.44. The number of fused-ring (bicyclic) bond motifs is 2. The maximum atomic E-state index is 4.82. The summed E-state index contributed by atoms with van der Waals surface area (Å²) in [5.41, 5.74) is 8.22. The topological polar surface area (TPSA) is 66.5 Å². The lowest BCUT2D eigenvalue weighted by Gasteiger charge is -2.13. The Morgan fingerprint density at radius 2 is 1.78 bits per heavy atom. The van der Waals surface area contributed by atoms with Crippen LogP contribution < -0.4 is 5.32 Å². The van der Waals surface area contributed by atoms with E-state index >= 15 is 0 Å². The number of H-pyrrole nitrogens is 1. The highest BCUT2D eigenvalue weighted by molar-refractivity contribution is 7.13. The third-order valence-electron chi connectivity index (χ3n) is 5.51. The number of pyridine rings is 1. The number of aryl methyl sites for hydroxylation is 1. The molecule has 6 heteroatoms. The van der Waals surface area contributed by atoms with Crippen LogP contribution in [0.3, 0.4) is 0 Å². The van der Waals surface area contributed by atoms with Gasteiger partial charge >= 0.3 is 0 Å². The standard InChI is InChI=1S/C26H19N5S/c1-16-6-9-22-24(14-16)31-25(30-22)19-4-2-3-5-20(19)29-21-10-11-27-23-15-17(7-8-18(21)23)26-28-12-13-32-26/h2-15H,1H3,(H,27,29)(H,30,31). The van der Waals surface area contributed by atoms with Crippen molar-refractivity contribution in [3.05, 3.63) is 90.1 Å². The lowest BCUT2D eigenvalue weighted by molar-refractivity contribution is 1.33. The summed E-state index contributed by atoms with van der Waals surface area (Å²) in [6.45, 7) is 2.09. The smallest absolute Gasteiger partial charge is 0.140 e. The number of aromatic nitrogens is 4. The van der Waals surface area contributed by atoms with E-state index < -0.39 is 0 Å². The second kappa shape index (κ2) is 7.59. The Morgan fingerprint density at radius 3 is 2.69 bits per heavy atom. The molecule has 0 unspecified atom stereocenters. The van der Waals surface area contributed by atoms with Crippen molar-refractivity contribution in [1.82, 2.24) is 19.9 Å². The number of aromatic amines is 1. The number of para-hydroxylation sites is 1. The quantitative estimate of drug-likeness (QED) is 0.316. The van der Waals surface area contributed by atoms with Gasteiger partial charge in [-0.05, 0) is 48.9 Å². The lowest BCUT2D eigenvalue weighted by Crippen LogP contribution is -1.96. The summed E-state index contributed by atoms with van der Waals surface area (Å²) in [7, 11) is 0. The second-order valence-electron chi connectivity index (χ2n) is 7.70. The highest BCUT2D eigenvalue weighted by Crippen LogP contribution is 2.33. The molecule has 0 fully saturated rings. The number of nitrogens with one attached hydrogen (secondary N) is 2. The number of hydrogen-bond acceptors (Lipinski definition) is 5. The molecule has 3 aromatic heterocycles. The predicted molar refractivity (Wildman–Crippen MR) is 132 cm³/mol. The minimum atomic E-state index is 0.845. The van der Waals surface area contributed by atoms with Gasteiger partial charge < -0.3 is 10.3 Å². The van der Waals surface area contributed by atoms with Crippen molar-refractivity contribution >= 4 is 44.6 Å². The molecular weight excluding hydrogens is 414 g/mol. The number of imidazole rings is 1. The molecule has 3 aromatic carbocycles. The van der Waals surface area contributed by atoms with Crippen LogP contribution in [0, 0.1) is 6.92 Å². The molecule has 0 saturated carbocycles. The Hall–Kier alpha value is -4.03. The van der Waals surface area contributed by atoms with Gasteiger partial charge in [-0.2, -0.15) is 0 Å². The highest BCUT2D eigenvalue weighted by Gasteiger charge is 2.12. The summed E-state index contributed by atoms with van der Waals surface area (Å²) in [5.74, 6) is 0.845. The van der Waals surface area contributed by atoms with E-state index in [9.17, 15) is 0 Å². The molecule has 0 spiro atoms. The number of anilines is 2. The normalized spacial score (nSPS) is 11.3. The van der Waals surface area contributed by atoms with Crippen molar-refractivity contribution in [3.8, 4) is 22.0 Å². The van der Waals surface area contributed by atoms with E-state index in [1.165, 1.54) is 5.56 Å². The molecule has 0 saturated heterocycles. The summed E-state index contributed by atoms with van der Waals surface area (Å²) in [6, 6.07) is 22.8. The third kappa shape index (κ3) is 3.31. The van der Waals surface area contributed by atoms with Crippen molar-refractivity contribution in [2.45, 2.75) is 6.92 Å². The largest absolute Gasteiger partial charge is 0.354 e. The van der Waals surface area contributed by atoms with Gasteiger partial charge in [-0.3, -0.25) is 4.98 Å². The molecule has 32 heavy (non-hydrogen) atoms. The fraction of sp³-hybridized carbons (Fsp3) is 0.0385. The second-order valence-corrected chi connectivity index (χ2v) is 8.60. The van der Waals surface area contributed by atoms with E-state index in [0.29, 0.717) is 0 Å². The van der Waals surface area contributed by atoms with Crippen LogP contribution in [-0.4, -0.2) is 19.9 Å². The van der Waals surface area contributed by atoms with Gasteiger partial charge in [0, 0.05) is 45.7 Å². The van der Waals surface area contributed by atoms with Crippen LogP contribution in [-0.2, 0) is 0 Å². The Balaban J connectivity index is 1.41. The molecule has 3 heterocycles. The van der Waals surface area contributed by atoms with Crippen LogP contribution in [0.5, 0.6) is 0 Å². The van der Waals surface area contributed by atoms with Gasteiger partial charge in [0.25, 0.3) is 0 Å². The van der Waals surface area contributed by atoms with Crippen molar-refractivity contribution in [2.75, 3.05) is 5.32 Å². The van der Waals surface area contributed by atoms with Gasteiger partial charge in [-0.25, -0.2) is 9.97 Å². The van der Waals surface area contributed by atoms with Gasteiger partial charge in [0.2, 0.25) is 0 Å². The van der Waals surface area contributed by atoms with E-state index in [1.54, 1.807) is 11.3 Å².